The van der Waals surface area contributed by atoms with Crippen LogP contribution >= 0.6 is 11.6 Å². The van der Waals surface area contributed by atoms with Gasteiger partial charge in [-0.25, -0.2) is 0 Å². The Bertz CT molecular complexity index is 552. The van der Waals surface area contributed by atoms with Crippen molar-refractivity contribution in [3.8, 4) is 11.5 Å². The monoisotopic (exact) mass is 261 g/mol. The van der Waals surface area contributed by atoms with Crippen LogP contribution in [0.3, 0.4) is 0 Å². The van der Waals surface area contributed by atoms with Crippen LogP contribution in [0, 0.1) is 6.92 Å². The maximum absolute atomic E-state index is 6.12. The number of rotatable bonds is 3. The van der Waals surface area contributed by atoms with Crippen LogP contribution in [-0.2, 0) is 0 Å². The summed E-state index contributed by atoms with van der Waals surface area (Å²) in [5.74, 6) is 1.41. The molecule has 0 saturated carbocycles. The molecular weight excluding hydrogens is 246 g/mol. The molecule has 18 heavy (non-hydrogen) atoms. The Morgan fingerprint density at radius 2 is 1.83 bits per heavy atom. The van der Waals surface area contributed by atoms with Crippen molar-refractivity contribution in [1.82, 2.24) is 0 Å². The van der Waals surface area contributed by atoms with E-state index in [4.69, 9.17) is 22.1 Å². The van der Waals surface area contributed by atoms with E-state index < -0.39 is 0 Å². The van der Waals surface area contributed by atoms with Gasteiger partial charge in [-0.05, 0) is 37.6 Å². The Hall–Kier alpha value is -1.51. The molecule has 0 amide bonds. The molecule has 2 aromatic rings. The Morgan fingerprint density at radius 1 is 1.11 bits per heavy atom. The highest BCUT2D eigenvalue weighted by atomic mass is 35.5. The first-order chi connectivity index (χ1) is 8.58. The van der Waals surface area contributed by atoms with Crippen LogP contribution in [0.15, 0.2) is 42.5 Å². The zero-order chi connectivity index (χ0) is 13.1. The van der Waals surface area contributed by atoms with Crippen LogP contribution in [0.1, 0.15) is 24.1 Å². The van der Waals surface area contributed by atoms with Gasteiger partial charge < -0.3 is 10.5 Å². The lowest BCUT2D eigenvalue weighted by atomic mass is 10.1. The van der Waals surface area contributed by atoms with Crippen LogP contribution in [0.4, 0.5) is 0 Å². The molecule has 0 heterocycles. The number of aryl methyl sites for hydroxylation is 1. The van der Waals surface area contributed by atoms with Gasteiger partial charge >= 0.3 is 0 Å². The lowest BCUT2D eigenvalue weighted by Gasteiger charge is -2.14. The van der Waals surface area contributed by atoms with E-state index in [1.807, 2.05) is 56.3 Å². The minimum Gasteiger partial charge on any atom is -0.455 e. The third kappa shape index (κ3) is 2.84. The second-order valence-corrected chi connectivity index (χ2v) is 4.77. The van der Waals surface area contributed by atoms with Crippen molar-refractivity contribution >= 4 is 11.6 Å². The van der Waals surface area contributed by atoms with Gasteiger partial charge in [-0.1, -0.05) is 35.9 Å². The Morgan fingerprint density at radius 3 is 2.56 bits per heavy atom. The number of para-hydroxylation sites is 1. The standard InChI is InChI=1S/C15H16ClNO/c1-10-7-8-13(16)15(9-10)18-14-6-4-3-5-12(14)11(2)17/h3-9,11H,17H2,1-2H3. The van der Waals surface area contributed by atoms with E-state index in [9.17, 15) is 0 Å². The SMILES string of the molecule is Cc1ccc(Cl)c(Oc2ccccc2C(C)N)c1. The average molecular weight is 262 g/mol. The van der Waals surface area contributed by atoms with E-state index >= 15 is 0 Å². The third-order valence-corrected chi connectivity index (χ3v) is 3.03. The number of hydrogen-bond acceptors (Lipinski definition) is 2. The largest absolute Gasteiger partial charge is 0.455 e. The van der Waals surface area contributed by atoms with Gasteiger partial charge in [0.15, 0.2) is 0 Å². The predicted molar refractivity (Wildman–Crippen MR) is 75.3 cm³/mol. The average Bonchev–Trinajstić information content (AvgIpc) is 2.34. The molecule has 2 N–H and O–H groups in total. The molecule has 2 nitrogen and oxygen atoms in total. The fraction of sp³-hybridized carbons (Fsp3) is 0.200. The van der Waals surface area contributed by atoms with Crippen LogP contribution in [0.5, 0.6) is 11.5 Å². The van der Waals surface area contributed by atoms with Gasteiger partial charge in [-0.15, -0.1) is 0 Å². The number of halogens is 1. The summed E-state index contributed by atoms with van der Waals surface area (Å²) in [7, 11) is 0. The number of nitrogens with two attached hydrogens (primary N) is 1. The predicted octanol–water partition coefficient (Wildman–Crippen LogP) is 4.46. The topological polar surface area (TPSA) is 35.2 Å². The van der Waals surface area contributed by atoms with Gasteiger partial charge in [0.05, 0.1) is 5.02 Å². The molecule has 0 aliphatic rings. The highest BCUT2D eigenvalue weighted by molar-refractivity contribution is 6.32. The second-order valence-electron chi connectivity index (χ2n) is 4.36. The highest BCUT2D eigenvalue weighted by Gasteiger charge is 2.10. The van der Waals surface area contributed by atoms with Crippen molar-refractivity contribution in [2.24, 2.45) is 5.73 Å². The van der Waals surface area contributed by atoms with Gasteiger partial charge in [0.2, 0.25) is 0 Å². The first-order valence-corrected chi connectivity index (χ1v) is 6.24. The molecule has 0 radical (unpaired) electrons. The van der Waals surface area contributed by atoms with Gasteiger partial charge in [0.25, 0.3) is 0 Å². The molecule has 2 rings (SSSR count). The van der Waals surface area contributed by atoms with E-state index in [-0.39, 0.29) is 6.04 Å². The van der Waals surface area contributed by atoms with Gasteiger partial charge in [-0.3, -0.25) is 0 Å². The maximum atomic E-state index is 6.12. The molecule has 1 unspecified atom stereocenters. The maximum Gasteiger partial charge on any atom is 0.146 e. The summed E-state index contributed by atoms with van der Waals surface area (Å²) in [5.41, 5.74) is 8.00. The van der Waals surface area contributed by atoms with E-state index in [2.05, 4.69) is 0 Å². The lowest BCUT2D eigenvalue weighted by Crippen LogP contribution is -2.06. The summed E-state index contributed by atoms with van der Waals surface area (Å²) in [6.07, 6.45) is 0. The zero-order valence-electron chi connectivity index (χ0n) is 10.5. The normalized spacial score (nSPS) is 12.2. The van der Waals surface area contributed by atoms with Gasteiger partial charge in [0, 0.05) is 11.6 Å². The Balaban J connectivity index is 2.37. The fourth-order valence-electron chi connectivity index (χ4n) is 1.76. The van der Waals surface area contributed by atoms with Crippen LogP contribution in [0.2, 0.25) is 5.02 Å². The van der Waals surface area contributed by atoms with Crippen molar-refractivity contribution in [3.63, 3.8) is 0 Å². The molecule has 0 aliphatic heterocycles. The molecule has 0 spiro atoms. The Labute approximate surface area is 112 Å². The molecule has 0 aliphatic carbocycles. The highest BCUT2D eigenvalue weighted by Crippen LogP contribution is 2.33. The molecule has 0 saturated heterocycles. The molecule has 0 fully saturated rings. The summed E-state index contributed by atoms with van der Waals surface area (Å²) in [6.45, 7) is 3.93. The van der Waals surface area contributed by atoms with Crippen LogP contribution < -0.4 is 10.5 Å². The van der Waals surface area contributed by atoms with E-state index in [1.165, 1.54) is 0 Å². The third-order valence-electron chi connectivity index (χ3n) is 2.72. The summed E-state index contributed by atoms with van der Waals surface area (Å²) >= 11 is 6.12. The van der Waals surface area contributed by atoms with Crippen molar-refractivity contribution < 1.29 is 4.74 Å². The smallest absolute Gasteiger partial charge is 0.146 e. The lowest BCUT2D eigenvalue weighted by molar-refractivity contribution is 0.472. The van der Waals surface area contributed by atoms with Gasteiger partial charge in [-0.2, -0.15) is 0 Å². The van der Waals surface area contributed by atoms with Crippen molar-refractivity contribution in [2.75, 3.05) is 0 Å². The summed E-state index contributed by atoms with van der Waals surface area (Å²) < 4.78 is 5.87. The summed E-state index contributed by atoms with van der Waals surface area (Å²) in [4.78, 5) is 0. The second kappa shape index (κ2) is 5.42. The first kappa shape index (κ1) is 12.9. The minimum atomic E-state index is -0.0789. The minimum absolute atomic E-state index is 0.0789. The van der Waals surface area contributed by atoms with Gasteiger partial charge in [0.1, 0.15) is 11.5 Å². The van der Waals surface area contributed by atoms with Crippen molar-refractivity contribution in [1.29, 1.82) is 0 Å². The molecule has 94 valence electrons. The molecule has 1 atom stereocenters. The van der Waals surface area contributed by atoms with Crippen LogP contribution in [-0.4, -0.2) is 0 Å². The first-order valence-electron chi connectivity index (χ1n) is 5.86. The molecular formula is C15H16ClNO. The molecule has 0 aromatic heterocycles. The van der Waals surface area contributed by atoms with Crippen LogP contribution in [0.25, 0.3) is 0 Å². The molecule has 3 heteroatoms. The zero-order valence-corrected chi connectivity index (χ0v) is 11.2. The van der Waals surface area contributed by atoms with E-state index in [0.717, 1.165) is 16.9 Å². The molecule has 2 aromatic carbocycles. The number of hydrogen-bond donors (Lipinski definition) is 1. The van der Waals surface area contributed by atoms with E-state index in [0.29, 0.717) is 10.8 Å². The number of ether oxygens (including phenoxy) is 1. The quantitative estimate of drug-likeness (QED) is 0.885. The Kier molecular flexibility index (Phi) is 3.90. The summed E-state index contributed by atoms with van der Waals surface area (Å²) in [5, 5.41) is 0.597. The summed E-state index contributed by atoms with van der Waals surface area (Å²) in [6, 6.07) is 13.4. The molecule has 0 bridgehead atoms. The van der Waals surface area contributed by atoms with Crippen molar-refractivity contribution in [3.05, 3.63) is 58.6 Å². The van der Waals surface area contributed by atoms with E-state index in [1.54, 1.807) is 0 Å². The number of benzene rings is 2. The van der Waals surface area contributed by atoms with Crippen molar-refractivity contribution in [2.45, 2.75) is 19.9 Å². The fourth-order valence-corrected chi connectivity index (χ4v) is 1.91.